The van der Waals surface area contributed by atoms with E-state index >= 15 is 0 Å². The van der Waals surface area contributed by atoms with E-state index in [9.17, 15) is 9.59 Å². The van der Waals surface area contributed by atoms with Crippen molar-refractivity contribution in [2.24, 2.45) is 5.73 Å². The van der Waals surface area contributed by atoms with Gasteiger partial charge in [0.1, 0.15) is 6.04 Å². The predicted molar refractivity (Wildman–Crippen MR) is 96.5 cm³/mol. The van der Waals surface area contributed by atoms with Gasteiger partial charge in [-0.1, -0.05) is 55.5 Å². The van der Waals surface area contributed by atoms with Crippen molar-refractivity contribution in [1.82, 2.24) is 5.32 Å². The molecule has 128 valence electrons. The van der Waals surface area contributed by atoms with Crippen LogP contribution in [0.3, 0.4) is 0 Å². The van der Waals surface area contributed by atoms with Gasteiger partial charge in [-0.3, -0.25) is 4.79 Å². The van der Waals surface area contributed by atoms with Crippen molar-refractivity contribution in [2.45, 2.75) is 31.2 Å². The number of anilines is 1. The summed E-state index contributed by atoms with van der Waals surface area (Å²) in [6.07, 6.45) is 1.31. The number of rotatable bonds is 2. The van der Waals surface area contributed by atoms with Crippen LogP contribution in [0.15, 0.2) is 48.5 Å². The van der Waals surface area contributed by atoms with E-state index in [2.05, 4.69) is 42.6 Å². The van der Waals surface area contributed by atoms with Crippen molar-refractivity contribution in [2.75, 3.05) is 11.4 Å². The number of urea groups is 1. The first-order valence-electron chi connectivity index (χ1n) is 8.56. The number of para-hydroxylation sites is 1. The van der Waals surface area contributed by atoms with Crippen molar-refractivity contribution in [1.29, 1.82) is 0 Å². The molecule has 3 amide bonds. The highest BCUT2D eigenvalue weighted by molar-refractivity contribution is 6.03. The lowest BCUT2D eigenvalue weighted by Crippen LogP contribution is -2.56. The molecule has 25 heavy (non-hydrogen) atoms. The summed E-state index contributed by atoms with van der Waals surface area (Å²) in [4.78, 5) is 25.9. The van der Waals surface area contributed by atoms with E-state index in [1.807, 2.05) is 23.1 Å². The van der Waals surface area contributed by atoms with Gasteiger partial charge in [-0.15, -0.1) is 0 Å². The van der Waals surface area contributed by atoms with Crippen LogP contribution >= 0.6 is 0 Å². The molecule has 1 unspecified atom stereocenters. The maximum absolute atomic E-state index is 12.8. The van der Waals surface area contributed by atoms with E-state index in [0.717, 1.165) is 17.7 Å². The maximum atomic E-state index is 12.8. The topological polar surface area (TPSA) is 75.4 Å². The Kier molecular flexibility index (Phi) is 3.53. The summed E-state index contributed by atoms with van der Waals surface area (Å²) in [5, 5.41) is 2.58. The zero-order valence-corrected chi connectivity index (χ0v) is 14.2. The minimum Gasteiger partial charge on any atom is -0.352 e. The summed E-state index contributed by atoms with van der Waals surface area (Å²) < 4.78 is 0. The van der Waals surface area contributed by atoms with Crippen LogP contribution in [0.1, 0.15) is 30.0 Å². The van der Waals surface area contributed by atoms with E-state index in [0.29, 0.717) is 13.0 Å². The summed E-state index contributed by atoms with van der Waals surface area (Å²) in [7, 11) is 0. The van der Waals surface area contributed by atoms with Crippen molar-refractivity contribution in [3.8, 4) is 0 Å². The molecule has 3 N–H and O–H groups in total. The lowest BCUT2D eigenvalue weighted by Gasteiger charge is -2.45. The molecule has 0 saturated heterocycles. The molecule has 2 atom stereocenters. The van der Waals surface area contributed by atoms with Gasteiger partial charge >= 0.3 is 6.03 Å². The zero-order valence-electron chi connectivity index (χ0n) is 14.2. The van der Waals surface area contributed by atoms with E-state index in [-0.39, 0.29) is 11.3 Å². The highest BCUT2D eigenvalue weighted by Gasteiger charge is 2.43. The van der Waals surface area contributed by atoms with Gasteiger partial charge in [0.25, 0.3) is 0 Å². The molecule has 0 fully saturated rings. The fourth-order valence-electron chi connectivity index (χ4n) is 4.21. The first-order chi connectivity index (χ1) is 12.0. The number of primary amides is 1. The van der Waals surface area contributed by atoms with Crippen LogP contribution in [0.5, 0.6) is 0 Å². The van der Waals surface area contributed by atoms with Gasteiger partial charge in [-0.2, -0.15) is 0 Å². The Morgan fingerprint density at radius 2 is 1.96 bits per heavy atom. The second-order valence-corrected chi connectivity index (χ2v) is 7.02. The Labute approximate surface area is 146 Å². The third kappa shape index (κ3) is 2.38. The first-order valence-corrected chi connectivity index (χ1v) is 8.56. The minimum absolute atomic E-state index is 0.0751. The predicted octanol–water partition coefficient (Wildman–Crippen LogP) is 2.32. The number of nitrogens with zero attached hydrogens (tertiary/aromatic N) is 1. The van der Waals surface area contributed by atoms with Gasteiger partial charge in [-0.25, -0.2) is 4.79 Å². The molecule has 0 aromatic heterocycles. The molecule has 0 aliphatic carbocycles. The number of nitrogens with two attached hydrogens (primary N) is 1. The quantitative estimate of drug-likeness (QED) is 0.884. The molecule has 4 rings (SSSR count). The summed E-state index contributed by atoms with van der Waals surface area (Å²) in [5.74, 6) is -0.0751. The number of amides is 3. The lowest BCUT2D eigenvalue weighted by atomic mass is 9.69. The monoisotopic (exact) mass is 335 g/mol. The van der Waals surface area contributed by atoms with Crippen LogP contribution in [-0.2, 0) is 16.6 Å². The van der Waals surface area contributed by atoms with Crippen LogP contribution < -0.4 is 16.0 Å². The molecule has 5 heteroatoms. The largest absolute Gasteiger partial charge is 0.352 e. The number of carbonyl (C=O) groups is 2. The second kappa shape index (κ2) is 5.62. The Morgan fingerprint density at radius 3 is 2.68 bits per heavy atom. The van der Waals surface area contributed by atoms with Crippen LogP contribution in [-0.4, -0.2) is 24.5 Å². The van der Waals surface area contributed by atoms with Crippen molar-refractivity contribution >= 4 is 17.6 Å². The van der Waals surface area contributed by atoms with Crippen LogP contribution in [0, 0.1) is 0 Å². The summed E-state index contributed by atoms with van der Waals surface area (Å²) in [6, 6.07) is 15.4. The minimum atomic E-state index is -0.663. The third-order valence-electron chi connectivity index (χ3n) is 5.53. The van der Waals surface area contributed by atoms with Crippen molar-refractivity contribution in [3.63, 3.8) is 0 Å². The lowest BCUT2D eigenvalue weighted by molar-refractivity contribution is -0.120. The van der Waals surface area contributed by atoms with Crippen molar-refractivity contribution < 1.29 is 9.59 Å². The molecular weight excluding hydrogens is 314 g/mol. The van der Waals surface area contributed by atoms with Gasteiger partial charge in [0.05, 0.1) is 5.69 Å². The molecule has 0 bridgehead atoms. The van der Waals surface area contributed by atoms with Gasteiger partial charge in [-0.05, 0) is 23.1 Å². The molecule has 0 radical (unpaired) electrons. The first kappa shape index (κ1) is 15.7. The Bertz CT molecular complexity index is 849. The highest BCUT2D eigenvalue weighted by atomic mass is 16.2. The molecule has 0 saturated carbocycles. The molecular formula is C20H21N3O2. The summed E-state index contributed by atoms with van der Waals surface area (Å²) in [6.45, 7) is 2.87. The second-order valence-electron chi connectivity index (χ2n) is 7.02. The molecule has 2 aliphatic rings. The average Bonchev–Trinajstić information content (AvgIpc) is 2.61. The average molecular weight is 335 g/mol. The normalized spacial score (nSPS) is 24.6. The summed E-state index contributed by atoms with van der Waals surface area (Å²) in [5.41, 5.74) is 9.62. The molecule has 0 spiro atoms. The fourth-order valence-corrected chi connectivity index (χ4v) is 4.21. The van der Waals surface area contributed by atoms with Gasteiger partial charge in [0, 0.05) is 18.4 Å². The van der Waals surface area contributed by atoms with Crippen LogP contribution in [0.25, 0.3) is 0 Å². The van der Waals surface area contributed by atoms with Crippen molar-refractivity contribution in [3.05, 3.63) is 65.2 Å². The Hall–Kier alpha value is -2.82. The number of hydrogen-bond donors (Lipinski definition) is 2. The number of nitrogens with one attached hydrogen (secondary N) is 1. The van der Waals surface area contributed by atoms with E-state index in [1.165, 1.54) is 11.1 Å². The maximum Gasteiger partial charge on any atom is 0.312 e. The third-order valence-corrected chi connectivity index (χ3v) is 5.53. The van der Waals surface area contributed by atoms with Gasteiger partial charge in [0.2, 0.25) is 5.91 Å². The number of hydrogen-bond acceptors (Lipinski definition) is 2. The molecule has 2 aromatic carbocycles. The number of benzene rings is 2. The fraction of sp³-hybridized carbons (Fsp3) is 0.300. The number of carbonyl (C=O) groups excluding carboxylic acids is 2. The van der Waals surface area contributed by atoms with E-state index in [1.54, 1.807) is 0 Å². The van der Waals surface area contributed by atoms with Crippen LogP contribution in [0.4, 0.5) is 10.5 Å². The van der Waals surface area contributed by atoms with Gasteiger partial charge < -0.3 is 16.0 Å². The molecule has 2 aliphatic heterocycles. The van der Waals surface area contributed by atoms with Crippen LogP contribution in [0.2, 0.25) is 0 Å². The van der Waals surface area contributed by atoms with Gasteiger partial charge in [0.15, 0.2) is 0 Å². The standard InChI is InChI=1S/C20H21N3O2/c1-20(14-7-3-2-4-8-14)10-11-23-17-13(6-5-9-15(17)20)12-16(18(23)24)22-19(21)25/h2-9,16H,10-12H2,1H3,(H3,21,22,25)/t16-,20?/m1/s1. The molecule has 5 nitrogen and oxygen atoms in total. The molecule has 2 heterocycles. The SMILES string of the molecule is CC1(c2ccccc2)CCN2C(=O)[C@H](NC(N)=O)Cc3cccc1c32. The Balaban J connectivity index is 1.83. The zero-order chi connectivity index (χ0) is 17.6. The molecule has 2 aromatic rings. The summed E-state index contributed by atoms with van der Waals surface area (Å²) >= 11 is 0. The van der Waals surface area contributed by atoms with E-state index < -0.39 is 12.1 Å². The van der Waals surface area contributed by atoms with E-state index in [4.69, 9.17) is 5.73 Å². The smallest absolute Gasteiger partial charge is 0.312 e. The highest BCUT2D eigenvalue weighted by Crippen LogP contribution is 2.47. The Morgan fingerprint density at radius 1 is 1.20 bits per heavy atom.